The molecule has 0 N–H and O–H groups in total. The van der Waals surface area contributed by atoms with Crippen LogP contribution in [0.1, 0.15) is 22.3 Å². The van der Waals surface area contributed by atoms with Crippen LogP contribution in [0.4, 0.5) is 4.39 Å². The van der Waals surface area contributed by atoms with Gasteiger partial charge < -0.3 is 0 Å². The summed E-state index contributed by atoms with van der Waals surface area (Å²) in [5, 5.41) is 8.84. The van der Waals surface area contributed by atoms with Crippen molar-refractivity contribution in [2.24, 2.45) is 0 Å². The van der Waals surface area contributed by atoms with E-state index in [0.717, 1.165) is 25.2 Å². The van der Waals surface area contributed by atoms with Gasteiger partial charge in [0, 0.05) is 19.6 Å². The predicted molar refractivity (Wildman–Crippen MR) is 70.5 cm³/mol. The third-order valence-electron chi connectivity index (χ3n) is 3.46. The Balaban J connectivity index is 1.76. The summed E-state index contributed by atoms with van der Waals surface area (Å²) in [6.07, 6.45) is 0. The first-order valence-electron chi connectivity index (χ1n) is 6.24. The van der Waals surface area contributed by atoms with Crippen molar-refractivity contribution in [3.05, 3.63) is 70.5 Å². The molecule has 0 amide bonds. The van der Waals surface area contributed by atoms with Crippen LogP contribution in [0.3, 0.4) is 0 Å². The fourth-order valence-electron chi connectivity index (χ4n) is 2.53. The lowest BCUT2D eigenvalue weighted by atomic mass is 10.1. The Bertz CT molecular complexity index is 633. The number of fused-ring (bicyclic) bond motifs is 1. The van der Waals surface area contributed by atoms with Gasteiger partial charge in [-0.1, -0.05) is 30.3 Å². The van der Waals surface area contributed by atoms with Gasteiger partial charge in [0.1, 0.15) is 11.9 Å². The van der Waals surface area contributed by atoms with Gasteiger partial charge in [-0.25, -0.2) is 4.39 Å². The molecule has 3 heteroatoms. The number of hydrogen-bond acceptors (Lipinski definition) is 2. The molecular formula is C16H13FN2. The second-order valence-electron chi connectivity index (χ2n) is 4.84. The third kappa shape index (κ3) is 2.35. The first-order chi connectivity index (χ1) is 9.26. The van der Waals surface area contributed by atoms with E-state index >= 15 is 0 Å². The molecule has 0 atom stereocenters. The zero-order chi connectivity index (χ0) is 13.2. The average molecular weight is 252 g/mol. The van der Waals surface area contributed by atoms with E-state index in [0.29, 0.717) is 0 Å². The van der Waals surface area contributed by atoms with Crippen LogP contribution < -0.4 is 0 Å². The fourth-order valence-corrected chi connectivity index (χ4v) is 2.53. The lowest BCUT2D eigenvalue weighted by Crippen LogP contribution is -2.15. The SMILES string of the molecule is N#Cc1cc(CN2Cc3ccccc3C2)ccc1F. The van der Waals surface area contributed by atoms with Crippen LogP contribution in [0.25, 0.3) is 0 Å². The minimum absolute atomic E-state index is 0.120. The summed E-state index contributed by atoms with van der Waals surface area (Å²) in [6.45, 7) is 2.56. The normalized spacial score (nSPS) is 14.1. The molecule has 1 aliphatic heterocycles. The molecule has 2 nitrogen and oxygen atoms in total. The van der Waals surface area contributed by atoms with Crippen LogP contribution in [0, 0.1) is 17.1 Å². The second kappa shape index (κ2) is 4.83. The van der Waals surface area contributed by atoms with E-state index in [9.17, 15) is 4.39 Å². The Labute approximate surface area is 111 Å². The van der Waals surface area contributed by atoms with Crippen molar-refractivity contribution in [3.63, 3.8) is 0 Å². The molecule has 0 bridgehead atoms. The Morgan fingerprint density at radius 1 is 1.11 bits per heavy atom. The van der Waals surface area contributed by atoms with Crippen LogP contribution in [0.5, 0.6) is 0 Å². The molecule has 0 aliphatic carbocycles. The van der Waals surface area contributed by atoms with E-state index < -0.39 is 5.82 Å². The molecule has 2 aromatic carbocycles. The van der Waals surface area contributed by atoms with Crippen molar-refractivity contribution < 1.29 is 4.39 Å². The highest BCUT2D eigenvalue weighted by molar-refractivity contribution is 5.35. The molecule has 0 radical (unpaired) electrons. The molecule has 94 valence electrons. The quantitative estimate of drug-likeness (QED) is 0.820. The zero-order valence-electron chi connectivity index (χ0n) is 10.4. The van der Waals surface area contributed by atoms with E-state index in [1.54, 1.807) is 12.1 Å². The summed E-state index contributed by atoms with van der Waals surface area (Å²) in [5.41, 5.74) is 3.80. The van der Waals surface area contributed by atoms with Crippen molar-refractivity contribution >= 4 is 0 Å². The predicted octanol–water partition coefficient (Wildman–Crippen LogP) is 3.21. The molecule has 0 fully saturated rings. The highest BCUT2D eigenvalue weighted by atomic mass is 19.1. The first-order valence-corrected chi connectivity index (χ1v) is 6.24. The van der Waals surface area contributed by atoms with Gasteiger partial charge in [0.25, 0.3) is 0 Å². The van der Waals surface area contributed by atoms with Gasteiger partial charge in [0.15, 0.2) is 0 Å². The smallest absolute Gasteiger partial charge is 0.140 e. The molecule has 0 spiro atoms. The number of benzene rings is 2. The maximum Gasteiger partial charge on any atom is 0.140 e. The summed E-state index contributed by atoms with van der Waals surface area (Å²) >= 11 is 0. The second-order valence-corrected chi connectivity index (χ2v) is 4.84. The van der Waals surface area contributed by atoms with E-state index in [4.69, 9.17) is 5.26 Å². The number of halogens is 1. The highest BCUT2D eigenvalue weighted by Gasteiger charge is 2.18. The molecule has 0 aromatic heterocycles. The number of nitriles is 1. The largest absolute Gasteiger partial charge is 0.291 e. The first kappa shape index (κ1) is 11.9. The summed E-state index contributed by atoms with van der Waals surface area (Å²) in [4.78, 5) is 2.29. The molecule has 2 aromatic rings. The third-order valence-corrected chi connectivity index (χ3v) is 3.46. The minimum Gasteiger partial charge on any atom is -0.291 e. The van der Waals surface area contributed by atoms with Crippen LogP contribution in [-0.4, -0.2) is 4.90 Å². The summed E-state index contributed by atoms with van der Waals surface area (Å²) in [7, 11) is 0. The van der Waals surface area contributed by atoms with Crippen LogP contribution in [-0.2, 0) is 19.6 Å². The molecule has 1 aliphatic rings. The van der Waals surface area contributed by atoms with Gasteiger partial charge in [-0.2, -0.15) is 5.26 Å². The van der Waals surface area contributed by atoms with Gasteiger partial charge in [0.05, 0.1) is 5.56 Å². The maximum absolute atomic E-state index is 13.3. The lowest BCUT2D eigenvalue weighted by molar-refractivity contribution is 0.275. The van der Waals surface area contributed by atoms with Crippen LogP contribution in [0.2, 0.25) is 0 Å². The zero-order valence-corrected chi connectivity index (χ0v) is 10.4. The fraction of sp³-hybridized carbons (Fsp3) is 0.188. The molecule has 19 heavy (non-hydrogen) atoms. The number of nitrogens with zero attached hydrogens (tertiary/aromatic N) is 2. The standard InChI is InChI=1S/C16H13FN2/c17-16-6-5-12(7-15(16)8-18)9-19-10-13-3-1-2-4-14(13)11-19/h1-7H,9-11H2. The molecule has 0 unspecified atom stereocenters. The number of hydrogen-bond donors (Lipinski definition) is 0. The van der Waals surface area contributed by atoms with E-state index in [1.165, 1.54) is 17.2 Å². The van der Waals surface area contributed by atoms with Gasteiger partial charge in [-0.05, 0) is 28.8 Å². The van der Waals surface area contributed by atoms with Crippen LogP contribution in [0.15, 0.2) is 42.5 Å². The molecule has 1 heterocycles. The van der Waals surface area contributed by atoms with Gasteiger partial charge in [-0.3, -0.25) is 4.90 Å². The Kier molecular flexibility index (Phi) is 3.02. The minimum atomic E-state index is -0.448. The van der Waals surface area contributed by atoms with Crippen molar-refractivity contribution in [1.82, 2.24) is 4.90 Å². The molecule has 0 saturated heterocycles. The molecular weight excluding hydrogens is 239 g/mol. The average Bonchev–Trinajstić information content (AvgIpc) is 2.83. The van der Waals surface area contributed by atoms with Gasteiger partial charge in [-0.15, -0.1) is 0 Å². The van der Waals surface area contributed by atoms with E-state index in [1.807, 2.05) is 18.2 Å². The molecule has 3 rings (SSSR count). The topological polar surface area (TPSA) is 27.0 Å². The maximum atomic E-state index is 13.3. The van der Waals surface area contributed by atoms with Gasteiger partial charge >= 0.3 is 0 Å². The molecule has 0 saturated carbocycles. The van der Waals surface area contributed by atoms with Crippen LogP contribution >= 0.6 is 0 Å². The summed E-state index contributed by atoms with van der Waals surface area (Å²) < 4.78 is 13.3. The Morgan fingerprint density at radius 2 is 1.79 bits per heavy atom. The van der Waals surface area contributed by atoms with Gasteiger partial charge in [0.2, 0.25) is 0 Å². The summed E-state index contributed by atoms with van der Waals surface area (Å²) in [5.74, 6) is -0.448. The summed E-state index contributed by atoms with van der Waals surface area (Å²) in [6, 6.07) is 15.0. The lowest BCUT2D eigenvalue weighted by Gasteiger charge is -2.14. The van der Waals surface area contributed by atoms with Crippen molar-refractivity contribution in [3.8, 4) is 6.07 Å². The van der Waals surface area contributed by atoms with Crippen molar-refractivity contribution in [2.45, 2.75) is 19.6 Å². The number of rotatable bonds is 2. The van der Waals surface area contributed by atoms with Crippen molar-refractivity contribution in [2.75, 3.05) is 0 Å². The Morgan fingerprint density at radius 3 is 2.42 bits per heavy atom. The van der Waals surface area contributed by atoms with E-state index in [2.05, 4.69) is 17.0 Å². The monoisotopic (exact) mass is 252 g/mol. The Hall–Kier alpha value is -2.18. The van der Waals surface area contributed by atoms with Crippen molar-refractivity contribution in [1.29, 1.82) is 5.26 Å². The highest BCUT2D eigenvalue weighted by Crippen LogP contribution is 2.24. The van der Waals surface area contributed by atoms with E-state index in [-0.39, 0.29) is 5.56 Å².